The normalized spacial score (nSPS) is 11.5. The molecule has 0 N–H and O–H groups in total. The maximum Gasteiger partial charge on any atom is 0.178 e. The van der Waals surface area contributed by atoms with Crippen LogP contribution < -0.4 is 0 Å². The third kappa shape index (κ3) is 4.43. The van der Waals surface area contributed by atoms with Crippen molar-refractivity contribution in [1.82, 2.24) is 0 Å². The molecule has 2 aromatic rings. The lowest BCUT2D eigenvalue weighted by molar-refractivity contribution is 0.589. The third-order valence-corrected chi connectivity index (χ3v) is 5.37. The number of hydrogen-bond donors (Lipinski definition) is 0. The van der Waals surface area contributed by atoms with E-state index in [1.807, 2.05) is 42.5 Å². The molecule has 2 nitrogen and oxygen atoms in total. The molecule has 0 heterocycles. The molecular formula is C18H22O2S. The Labute approximate surface area is 127 Å². The third-order valence-electron chi connectivity index (χ3n) is 3.57. The maximum absolute atomic E-state index is 12.4. The average molecular weight is 302 g/mol. The van der Waals surface area contributed by atoms with Crippen molar-refractivity contribution in [1.29, 1.82) is 0 Å². The maximum atomic E-state index is 12.4. The Kier molecular flexibility index (Phi) is 5.57. The zero-order valence-corrected chi connectivity index (χ0v) is 13.3. The molecule has 0 saturated carbocycles. The van der Waals surface area contributed by atoms with E-state index >= 15 is 0 Å². The molecule has 21 heavy (non-hydrogen) atoms. The summed E-state index contributed by atoms with van der Waals surface area (Å²) < 4.78 is 24.8. The van der Waals surface area contributed by atoms with Crippen molar-refractivity contribution < 1.29 is 8.42 Å². The summed E-state index contributed by atoms with van der Waals surface area (Å²) in [6.07, 6.45) is 3.93. The van der Waals surface area contributed by atoms with Crippen LogP contribution in [0, 0.1) is 0 Å². The van der Waals surface area contributed by atoms with E-state index in [1.54, 1.807) is 12.1 Å². The Bertz CT molecular complexity index is 661. The second-order valence-corrected chi connectivity index (χ2v) is 7.38. The van der Waals surface area contributed by atoms with Crippen LogP contribution in [0.2, 0.25) is 0 Å². The quantitative estimate of drug-likeness (QED) is 0.694. The smallest absolute Gasteiger partial charge is 0.178 e. The number of rotatable bonds is 7. The lowest BCUT2D eigenvalue weighted by Gasteiger charge is -2.07. The number of unbranched alkanes of at least 4 members (excludes halogenated alkanes) is 3. The fourth-order valence-corrected chi connectivity index (χ4v) is 3.75. The van der Waals surface area contributed by atoms with Crippen LogP contribution in [0.25, 0.3) is 11.1 Å². The van der Waals surface area contributed by atoms with Gasteiger partial charge >= 0.3 is 0 Å². The van der Waals surface area contributed by atoms with Crippen molar-refractivity contribution in [2.24, 2.45) is 0 Å². The molecule has 3 heteroatoms. The lowest BCUT2D eigenvalue weighted by atomic mass is 10.1. The van der Waals surface area contributed by atoms with E-state index in [2.05, 4.69) is 6.92 Å². The van der Waals surface area contributed by atoms with E-state index in [1.165, 1.54) is 0 Å². The zero-order chi connectivity index (χ0) is 15.1. The van der Waals surface area contributed by atoms with Gasteiger partial charge < -0.3 is 0 Å². The van der Waals surface area contributed by atoms with Crippen LogP contribution in [0.3, 0.4) is 0 Å². The Balaban J connectivity index is 2.17. The summed E-state index contributed by atoms with van der Waals surface area (Å²) in [5.74, 6) is 0.241. The van der Waals surface area contributed by atoms with E-state index in [9.17, 15) is 8.42 Å². The predicted molar refractivity (Wildman–Crippen MR) is 88.1 cm³/mol. The van der Waals surface area contributed by atoms with Crippen molar-refractivity contribution in [3.8, 4) is 11.1 Å². The molecule has 0 radical (unpaired) electrons. The molecule has 2 rings (SSSR count). The largest absolute Gasteiger partial charge is 0.224 e. The molecule has 2 aromatic carbocycles. The van der Waals surface area contributed by atoms with Gasteiger partial charge in [-0.25, -0.2) is 8.42 Å². The van der Waals surface area contributed by atoms with E-state index in [-0.39, 0.29) is 5.75 Å². The van der Waals surface area contributed by atoms with Crippen LogP contribution in [0.4, 0.5) is 0 Å². The van der Waals surface area contributed by atoms with Crippen LogP contribution in [0.5, 0.6) is 0 Å². The SMILES string of the molecule is CCCCCCS(=O)(=O)c1cccc(-c2ccccc2)c1. The molecule has 0 saturated heterocycles. The molecular weight excluding hydrogens is 280 g/mol. The lowest BCUT2D eigenvalue weighted by Crippen LogP contribution is -2.06. The number of sulfone groups is 1. The molecule has 112 valence electrons. The van der Waals surface area contributed by atoms with Gasteiger partial charge in [0.05, 0.1) is 10.6 Å². The second kappa shape index (κ2) is 7.41. The Morgan fingerprint density at radius 1 is 0.810 bits per heavy atom. The minimum Gasteiger partial charge on any atom is -0.224 e. The fourth-order valence-electron chi connectivity index (χ4n) is 2.34. The topological polar surface area (TPSA) is 34.1 Å². The van der Waals surface area contributed by atoms with Gasteiger partial charge in [-0.05, 0) is 29.7 Å². The van der Waals surface area contributed by atoms with Crippen LogP contribution >= 0.6 is 0 Å². The summed E-state index contributed by atoms with van der Waals surface area (Å²) in [6.45, 7) is 2.12. The molecule has 0 amide bonds. The molecule has 0 unspecified atom stereocenters. The van der Waals surface area contributed by atoms with Crippen LogP contribution in [0.1, 0.15) is 32.6 Å². The molecule has 0 aliphatic rings. The summed E-state index contributed by atoms with van der Waals surface area (Å²) in [5, 5.41) is 0. The van der Waals surface area contributed by atoms with Gasteiger partial charge in [-0.2, -0.15) is 0 Å². The minimum absolute atomic E-state index is 0.241. The Morgan fingerprint density at radius 3 is 2.24 bits per heavy atom. The van der Waals surface area contributed by atoms with E-state index in [0.717, 1.165) is 36.8 Å². The van der Waals surface area contributed by atoms with Crippen molar-refractivity contribution in [3.63, 3.8) is 0 Å². The van der Waals surface area contributed by atoms with Gasteiger partial charge in [0.1, 0.15) is 0 Å². The highest BCUT2D eigenvalue weighted by molar-refractivity contribution is 7.91. The summed E-state index contributed by atoms with van der Waals surface area (Å²) in [4.78, 5) is 0.431. The van der Waals surface area contributed by atoms with Crippen molar-refractivity contribution >= 4 is 9.84 Å². The standard InChI is InChI=1S/C18H22O2S/c1-2-3-4-8-14-21(19,20)18-13-9-12-17(15-18)16-10-6-5-7-11-16/h5-7,9-13,15H,2-4,8,14H2,1H3. The number of hydrogen-bond acceptors (Lipinski definition) is 2. The van der Waals surface area contributed by atoms with Crippen LogP contribution in [-0.4, -0.2) is 14.2 Å². The zero-order valence-electron chi connectivity index (χ0n) is 12.5. The first kappa shape index (κ1) is 15.8. The van der Waals surface area contributed by atoms with E-state index < -0.39 is 9.84 Å². The first-order chi connectivity index (χ1) is 10.1. The number of benzene rings is 2. The Morgan fingerprint density at radius 2 is 1.52 bits per heavy atom. The monoisotopic (exact) mass is 302 g/mol. The van der Waals surface area contributed by atoms with Gasteiger partial charge in [-0.1, -0.05) is 68.7 Å². The summed E-state index contributed by atoms with van der Waals surface area (Å²) >= 11 is 0. The van der Waals surface area contributed by atoms with Crippen LogP contribution in [0.15, 0.2) is 59.5 Å². The van der Waals surface area contributed by atoms with Gasteiger partial charge in [0.2, 0.25) is 0 Å². The van der Waals surface area contributed by atoms with Crippen molar-refractivity contribution in [2.45, 2.75) is 37.5 Å². The van der Waals surface area contributed by atoms with Gasteiger partial charge in [0.15, 0.2) is 9.84 Å². The van der Waals surface area contributed by atoms with Gasteiger partial charge in [0, 0.05) is 0 Å². The van der Waals surface area contributed by atoms with Crippen molar-refractivity contribution in [3.05, 3.63) is 54.6 Å². The summed E-state index contributed by atoms with van der Waals surface area (Å²) in [7, 11) is -3.17. The highest BCUT2D eigenvalue weighted by Gasteiger charge is 2.14. The first-order valence-corrected chi connectivity index (χ1v) is 9.17. The molecule has 0 spiro atoms. The summed E-state index contributed by atoms with van der Waals surface area (Å²) in [6, 6.07) is 17.1. The highest BCUT2D eigenvalue weighted by atomic mass is 32.2. The minimum atomic E-state index is -3.17. The average Bonchev–Trinajstić information content (AvgIpc) is 2.53. The van der Waals surface area contributed by atoms with Gasteiger partial charge in [0.25, 0.3) is 0 Å². The van der Waals surface area contributed by atoms with E-state index in [0.29, 0.717) is 4.90 Å². The molecule has 0 fully saturated rings. The van der Waals surface area contributed by atoms with E-state index in [4.69, 9.17) is 0 Å². The Hall–Kier alpha value is -1.61. The highest BCUT2D eigenvalue weighted by Crippen LogP contribution is 2.23. The molecule has 0 aliphatic carbocycles. The molecule has 0 bridgehead atoms. The molecule has 0 atom stereocenters. The predicted octanol–water partition coefficient (Wildman–Crippen LogP) is 4.71. The van der Waals surface area contributed by atoms with Crippen molar-refractivity contribution in [2.75, 3.05) is 5.75 Å². The molecule has 0 aliphatic heterocycles. The second-order valence-electron chi connectivity index (χ2n) is 5.27. The molecule has 0 aromatic heterocycles. The fraction of sp³-hybridized carbons (Fsp3) is 0.333. The van der Waals surface area contributed by atoms with Crippen LogP contribution in [-0.2, 0) is 9.84 Å². The van der Waals surface area contributed by atoms with Gasteiger partial charge in [-0.3, -0.25) is 0 Å². The summed E-state index contributed by atoms with van der Waals surface area (Å²) in [5.41, 5.74) is 1.99. The first-order valence-electron chi connectivity index (χ1n) is 7.52. The van der Waals surface area contributed by atoms with Gasteiger partial charge in [-0.15, -0.1) is 0 Å².